The van der Waals surface area contributed by atoms with Crippen LogP contribution in [-0.2, 0) is 4.79 Å². The number of rotatable bonds is 4. The summed E-state index contributed by atoms with van der Waals surface area (Å²) in [6.07, 6.45) is 6.03. The maximum atomic E-state index is 11.3. The number of hydrogen-bond donors (Lipinski definition) is 1. The Hall–Kier alpha value is -0.370. The molecule has 2 atom stereocenters. The predicted octanol–water partition coefficient (Wildman–Crippen LogP) is 1.75. The molecule has 13 heavy (non-hydrogen) atoms. The maximum Gasteiger partial charge on any atom is 0.138 e. The molecule has 2 fully saturated rings. The van der Waals surface area contributed by atoms with Crippen LogP contribution in [-0.4, -0.2) is 18.9 Å². The van der Waals surface area contributed by atoms with Gasteiger partial charge in [0.25, 0.3) is 0 Å². The second-order valence-corrected chi connectivity index (χ2v) is 4.65. The topological polar surface area (TPSA) is 29.1 Å². The minimum atomic E-state index is 0.379. The van der Waals surface area contributed by atoms with Crippen molar-refractivity contribution in [2.45, 2.75) is 39.0 Å². The van der Waals surface area contributed by atoms with Crippen LogP contribution in [0.2, 0.25) is 0 Å². The molecule has 1 N–H and O–H groups in total. The number of nitrogens with one attached hydrogen (secondary N) is 1. The number of Topliss-reactive ketones (excluding diaryl/α,β-unsaturated/α-hetero) is 1. The Bertz CT molecular complexity index is 214. The zero-order valence-electron chi connectivity index (χ0n) is 8.44. The fraction of sp³-hybridized carbons (Fsp3) is 0.909. The summed E-state index contributed by atoms with van der Waals surface area (Å²) in [6, 6.07) is 0. The van der Waals surface area contributed by atoms with Gasteiger partial charge in [0.1, 0.15) is 5.78 Å². The van der Waals surface area contributed by atoms with E-state index in [1.54, 1.807) is 0 Å². The molecule has 0 bridgehead atoms. The molecule has 0 spiro atoms. The molecule has 74 valence electrons. The summed E-state index contributed by atoms with van der Waals surface area (Å²) in [5.41, 5.74) is 0.395. The van der Waals surface area contributed by atoms with Crippen LogP contribution in [0.25, 0.3) is 0 Å². The minimum Gasteiger partial charge on any atom is -0.315 e. The molecule has 0 amide bonds. The molecular formula is C11H19NO. The maximum absolute atomic E-state index is 11.3. The van der Waals surface area contributed by atoms with Crippen molar-refractivity contribution in [3.63, 3.8) is 0 Å². The van der Waals surface area contributed by atoms with E-state index in [1.165, 1.54) is 25.7 Å². The summed E-state index contributed by atoms with van der Waals surface area (Å²) >= 11 is 0. The van der Waals surface area contributed by atoms with Gasteiger partial charge >= 0.3 is 0 Å². The molecule has 1 heterocycles. The van der Waals surface area contributed by atoms with E-state index >= 15 is 0 Å². The van der Waals surface area contributed by atoms with Crippen molar-refractivity contribution in [3.05, 3.63) is 0 Å². The van der Waals surface area contributed by atoms with Gasteiger partial charge in [-0.1, -0.05) is 26.2 Å². The molecule has 1 saturated heterocycles. The van der Waals surface area contributed by atoms with Gasteiger partial charge in [-0.2, -0.15) is 0 Å². The van der Waals surface area contributed by atoms with Gasteiger partial charge in [-0.15, -0.1) is 0 Å². The third-order valence-electron chi connectivity index (χ3n) is 3.76. The predicted molar refractivity (Wildman–Crippen MR) is 52.6 cm³/mol. The van der Waals surface area contributed by atoms with Crippen molar-refractivity contribution < 1.29 is 4.79 Å². The third kappa shape index (κ3) is 1.41. The van der Waals surface area contributed by atoms with Crippen molar-refractivity contribution in [2.75, 3.05) is 13.1 Å². The summed E-state index contributed by atoms with van der Waals surface area (Å²) < 4.78 is 0. The van der Waals surface area contributed by atoms with Crippen LogP contribution < -0.4 is 5.32 Å². The molecule has 0 radical (unpaired) electrons. The highest BCUT2D eigenvalue weighted by Crippen LogP contribution is 2.49. The first-order valence-electron chi connectivity index (χ1n) is 5.52. The van der Waals surface area contributed by atoms with Crippen LogP contribution in [0.3, 0.4) is 0 Å². The fourth-order valence-electron chi connectivity index (χ4n) is 2.86. The van der Waals surface area contributed by atoms with Gasteiger partial charge in [0, 0.05) is 30.8 Å². The lowest BCUT2D eigenvalue weighted by Crippen LogP contribution is -2.47. The van der Waals surface area contributed by atoms with E-state index in [2.05, 4.69) is 12.2 Å². The van der Waals surface area contributed by atoms with Gasteiger partial charge < -0.3 is 5.32 Å². The van der Waals surface area contributed by atoms with Crippen molar-refractivity contribution >= 4 is 5.78 Å². The number of hydrogen-bond acceptors (Lipinski definition) is 2. The monoisotopic (exact) mass is 181 g/mol. The van der Waals surface area contributed by atoms with Crippen LogP contribution in [0.5, 0.6) is 0 Å². The van der Waals surface area contributed by atoms with Gasteiger partial charge in [-0.05, 0) is 6.42 Å². The summed E-state index contributed by atoms with van der Waals surface area (Å²) in [7, 11) is 0. The van der Waals surface area contributed by atoms with E-state index in [0.29, 0.717) is 17.1 Å². The Morgan fingerprint density at radius 3 is 3.08 bits per heavy atom. The van der Waals surface area contributed by atoms with Crippen LogP contribution in [0.15, 0.2) is 0 Å². The third-order valence-corrected chi connectivity index (χ3v) is 3.76. The molecule has 2 aliphatic rings. The van der Waals surface area contributed by atoms with E-state index in [0.717, 1.165) is 19.5 Å². The molecule has 2 heteroatoms. The first-order chi connectivity index (χ1) is 6.28. The lowest BCUT2D eigenvalue weighted by Gasteiger charge is -2.42. The lowest BCUT2D eigenvalue weighted by atomic mass is 9.59. The van der Waals surface area contributed by atoms with Crippen molar-refractivity contribution in [1.29, 1.82) is 0 Å². The Labute approximate surface area is 80.1 Å². The van der Waals surface area contributed by atoms with E-state index in [4.69, 9.17) is 0 Å². The highest BCUT2D eigenvalue weighted by atomic mass is 16.1. The van der Waals surface area contributed by atoms with Crippen LogP contribution in [0.4, 0.5) is 0 Å². The van der Waals surface area contributed by atoms with E-state index in [1.807, 2.05) is 0 Å². The van der Waals surface area contributed by atoms with Gasteiger partial charge in [-0.25, -0.2) is 0 Å². The van der Waals surface area contributed by atoms with Gasteiger partial charge in [0.2, 0.25) is 0 Å². The smallest absolute Gasteiger partial charge is 0.138 e. The number of unbranched alkanes of at least 4 members (excludes halogenated alkanes) is 2. The Morgan fingerprint density at radius 2 is 2.38 bits per heavy atom. The number of fused-ring (bicyclic) bond motifs is 1. The molecule has 0 aromatic rings. The van der Waals surface area contributed by atoms with Gasteiger partial charge in [-0.3, -0.25) is 4.79 Å². The number of carbonyl (C=O) groups excluding carboxylic acids is 1. The zero-order valence-corrected chi connectivity index (χ0v) is 8.44. The van der Waals surface area contributed by atoms with E-state index in [9.17, 15) is 4.79 Å². The quantitative estimate of drug-likeness (QED) is 0.669. The second kappa shape index (κ2) is 3.41. The standard InChI is InChI=1S/C11H19NO/c1-2-3-4-5-11-6-10(13)9(11)7-12-8-11/h9,12H,2-8H2,1H3. The van der Waals surface area contributed by atoms with Gasteiger partial charge in [0.05, 0.1) is 0 Å². The normalized spacial score (nSPS) is 37.3. The van der Waals surface area contributed by atoms with Crippen molar-refractivity contribution in [3.8, 4) is 0 Å². The zero-order chi connectivity index (χ0) is 9.31. The van der Waals surface area contributed by atoms with Crippen LogP contribution >= 0.6 is 0 Å². The SMILES string of the molecule is CCCCCC12CNCC1C(=O)C2. The van der Waals surface area contributed by atoms with Crippen molar-refractivity contribution in [2.24, 2.45) is 11.3 Å². The summed E-state index contributed by atoms with van der Waals surface area (Å²) in [5, 5.41) is 3.36. The average Bonchev–Trinajstić information content (AvgIpc) is 2.43. The largest absolute Gasteiger partial charge is 0.315 e. The lowest BCUT2D eigenvalue weighted by molar-refractivity contribution is -0.139. The average molecular weight is 181 g/mol. The Kier molecular flexibility index (Phi) is 2.41. The highest BCUT2D eigenvalue weighted by molar-refractivity contribution is 5.89. The summed E-state index contributed by atoms with van der Waals surface area (Å²) in [5.74, 6) is 0.880. The molecule has 0 aromatic heterocycles. The first-order valence-corrected chi connectivity index (χ1v) is 5.52. The molecular weight excluding hydrogens is 162 g/mol. The van der Waals surface area contributed by atoms with Crippen LogP contribution in [0, 0.1) is 11.3 Å². The molecule has 2 unspecified atom stereocenters. The summed E-state index contributed by atoms with van der Waals surface area (Å²) in [6.45, 7) is 4.27. The highest BCUT2D eigenvalue weighted by Gasteiger charge is 2.55. The second-order valence-electron chi connectivity index (χ2n) is 4.65. The summed E-state index contributed by atoms with van der Waals surface area (Å²) in [4.78, 5) is 11.3. The molecule has 2 rings (SSSR count). The number of carbonyl (C=O) groups is 1. The van der Waals surface area contributed by atoms with Gasteiger partial charge in [0.15, 0.2) is 0 Å². The Morgan fingerprint density at radius 1 is 1.54 bits per heavy atom. The molecule has 1 aliphatic carbocycles. The Balaban J connectivity index is 1.86. The molecule has 1 aliphatic heterocycles. The van der Waals surface area contributed by atoms with E-state index in [-0.39, 0.29) is 0 Å². The van der Waals surface area contributed by atoms with Crippen molar-refractivity contribution in [1.82, 2.24) is 5.32 Å². The minimum absolute atomic E-state index is 0.379. The number of ketones is 1. The van der Waals surface area contributed by atoms with Crippen LogP contribution in [0.1, 0.15) is 39.0 Å². The van der Waals surface area contributed by atoms with E-state index < -0.39 is 0 Å². The first kappa shape index (κ1) is 9.20. The molecule has 2 nitrogen and oxygen atoms in total. The fourth-order valence-corrected chi connectivity index (χ4v) is 2.86. The molecule has 0 aromatic carbocycles. The molecule has 1 saturated carbocycles.